The summed E-state index contributed by atoms with van der Waals surface area (Å²) < 4.78 is 1.02. The Balaban J connectivity index is 1.89. The third-order valence-electron chi connectivity index (χ3n) is 3.35. The van der Waals surface area contributed by atoms with Crippen molar-refractivity contribution in [2.45, 2.75) is 25.8 Å². The molecule has 2 rings (SSSR count). The zero-order valence-corrected chi connectivity index (χ0v) is 13.6. The van der Waals surface area contributed by atoms with Crippen LogP contribution >= 0.6 is 15.9 Å². The molecule has 0 saturated heterocycles. The first kappa shape index (κ1) is 15.7. The summed E-state index contributed by atoms with van der Waals surface area (Å²) in [4.78, 5) is 12.1. The van der Waals surface area contributed by atoms with Crippen LogP contribution in [0.5, 0.6) is 0 Å². The van der Waals surface area contributed by atoms with Crippen molar-refractivity contribution in [3.63, 3.8) is 0 Å². The van der Waals surface area contributed by atoms with Gasteiger partial charge in [-0.2, -0.15) is 0 Å². The standard InChI is InChI=1S/C17H19BrN2O/c1-12-11-14(8-9-15(12)18)20-17(21)16(19)10-7-13-5-3-2-4-6-13/h2-6,8-9,11,16H,7,10,19H2,1H3,(H,20,21). The van der Waals surface area contributed by atoms with Crippen LogP contribution in [0.4, 0.5) is 5.69 Å². The Kier molecular flexibility index (Phi) is 5.53. The molecule has 1 atom stereocenters. The quantitative estimate of drug-likeness (QED) is 0.867. The Labute approximate surface area is 133 Å². The summed E-state index contributed by atoms with van der Waals surface area (Å²) in [6.07, 6.45) is 1.43. The number of amides is 1. The number of rotatable bonds is 5. The van der Waals surface area contributed by atoms with E-state index in [4.69, 9.17) is 5.73 Å². The number of anilines is 1. The number of aryl methyl sites for hydroxylation is 2. The molecule has 1 unspecified atom stereocenters. The fourth-order valence-corrected chi connectivity index (χ4v) is 2.30. The maximum Gasteiger partial charge on any atom is 0.241 e. The van der Waals surface area contributed by atoms with Gasteiger partial charge in [-0.05, 0) is 49.1 Å². The third-order valence-corrected chi connectivity index (χ3v) is 4.24. The van der Waals surface area contributed by atoms with Gasteiger partial charge in [0.1, 0.15) is 0 Å². The molecule has 21 heavy (non-hydrogen) atoms. The highest BCUT2D eigenvalue weighted by Gasteiger charge is 2.13. The van der Waals surface area contributed by atoms with Crippen LogP contribution in [0.25, 0.3) is 0 Å². The van der Waals surface area contributed by atoms with Crippen LogP contribution in [0.3, 0.4) is 0 Å². The van der Waals surface area contributed by atoms with E-state index >= 15 is 0 Å². The van der Waals surface area contributed by atoms with Crippen molar-refractivity contribution in [2.75, 3.05) is 5.32 Å². The second-order valence-electron chi connectivity index (χ2n) is 5.08. The molecule has 1 amide bonds. The average molecular weight is 347 g/mol. The normalized spacial score (nSPS) is 12.0. The second kappa shape index (κ2) is 7.38. The summed E-state index contributed by atoms with van der Waals surface area (Å²) in [6, 6.07) is 15.2. The number of hydrogen-bond acceptors (Lipinski definition) is 2. The van der Waals surface area contributed by atoms with Crippen molar-refractivity contribution in [1.82, 2.24) is 0 Å². The molecule has 2 aromatic carbocycles. The Morgan fingerprint density at radius 3 is 2.62 bits per heavy atom. The van der Waals surface area contributed by atoms with Crippen LogP contribution in [0, 0.1) is 6.92 Å². The molecule has 0 aliphatic rings. The van der Waals surface area contributed by atoms with Crippen LogP contribution in [0.15, 0.2) is 53.0 Å². The van der Waals surface area contributed by atoms with Gasteiger partial charge < -0.3 is 11.1 Å². The summed E-state index contributed by atoms with van der Waals surface area (Å²) in [5.41, 5.74) is 9.00. The summed E-state index contributed by atoms with van der Waals surface area (Å²) in [7, 11) is 0. The Hall–Kier alpha value is -1.65. The zero-order chi connectivity index (χ0) is 15.2. The molecule has 0 aliphatic heterocycles. The Bertz CT molecular complexity index is 613. The number of halogens is 1. The summed E-state index contributed by atoms with van der Waals surface area (Å²) in [5.74, 6) is -0.146. The topological polar surface area (TPSA) is 55.1 Å². The maximum atomic E-state index is 12.1. The Morgan fingerprint density at radius 2 is 1.95 bits per heavy atom. The molecule has 0 saturated carbocycles. The number of nitrogens with two attached hydrogens (primary N) is 1. The molecule has 3 nitrogen and oxygen atoms in total. The summed E-state index contributed by atoms with van der Waals surface area (Å²) >= 11 is 3.44. The highest BCUT2D eigenvalue weighted by atomic mass is 79.9. The number of carbonyl (C=O) groups excluding carboxylic acids is 1. The van der Waals surface area contributed by atoms with E-state index in [0.29, 0.717) is 6.42 Å². The van der Waals surface area contributed by atoms with Gasteiger partial charge in [-0.1, -0.05) is 46.3 Å². The minimum absolute atomic E-state index is 0.146. The molecule has 0 heterocycles. The van der Waals surface area contributed by atoms with E-state index in [1.165, 1.54) is 5.56 Å². The third kappa shape index (κ3) is 4.69. The van der Waals surface area contributed by atoms with E-state index in [0.717, 1.165) is 22.1 Å². The highest BCUT2D eigenvalue weighted by Crippen LogP contribution is 2.20. The predicted octanol–water partition coefficient (Wildman–Crippen LogP) is 3.66. The molecule has 0 spiro atoms. The predicted molar refractivity (Wildman–Crippen MR) is 90.2 cm³/mol. The van der Waals surface area contributed by atoms with E-state index in [1.807, 2.05) is 55.5 Å². The van der Waals surface area contributed by atoms with Gasteiger partial charge in [-0.25, -0.2) is 0 Å². The fraction of sp³-hybridized carbons (Fsp3) is 0.235. The summed E-state index contributed by atoms with van der Waals surface area (Å²) in [6.45, 7) is 1.98. The molecule has 0 aromatic heterocycles. The molecule has 2 aromatic rings. The van der Waals surface area contributed by atoms with Crippen LogP contribution in [0.2, 0.25) is 0 Å². The van der Waals surface area contributed by atoms with E-state index < -0.39 is 6.04 Å². The Morgan fingerprint density at radius 1 is 1.24 bits per heavy atom. The number of carbonyl (C=O) groups is 1. The van der Waals surface area contributed by atoms with Gasteiger partial charge in [0.05, 0.1) is 6.04 Å². The van der Waals surface area contributed by atoms with E-state index in [9.17, 15) is 4.79 Å². The molecular weight excluding hydrogens is 328 g/mol. The average Bonchev–Trinajstić information content (AvgIpc) is 2.49. The van der Waals surface area contributed by atoms with E-state index in [1.54, 1.807) is 0 Å². The van der Waals surface area contributed by atoms with Crippen molar-refractivity contribution in [1.29, 1.82) is 0 Å². The zero-order valence-electron chi connectivity index (χ0n) is 12.0. The van der Waals surface area contributed by atoms with Gasteiger partial charge in [0.2, 0.25) is 5.91 Å². The first-order valence-electron chi connectivity index (χ1n) is 6.93. The van der Waals surface area contributed by atoms with Gasteiger partial charge in [-0.3, -0.25) is 4.79 Å². The largest absolute Gasteiger partial charge is 0.325 e. The molecule has 110 valence electrons. The first-order valence-corrected chi connectivity index (χ1v) is 7.72. The van der Waals surface area contributed by atoms with E-state index in [2.05, 4.69) is 21.2 Å². The van der Waals surface area contributed by atoms with Crippen LogP contribution in [0.1, 0.15) is 17.5 Å². The van der Waals surface area contributed by atoms with Crippen molar-refractivity contribution in [2.24, 2.45) is 5.73 Å². The van der Waals surface area contributed by atoms with Crippen LogP contribution < -0.4 is 11.1 Å². The second-order valence-corrected chi connectivity index (χ2v) is 5.94. The van der Waals surface area contributed by atoms with Crippen molar-refractivity contribution in [3.05, 3.63) is 64.1 Å². The number of nitrogens with one attached hydrogen (secondary N) is 1. The molecule has 0 radical (unpaired) electrons. The van der Waals surface area contributed by atoms with Gasteiger partial charge in [-0.15, -0.1) is 0 Å². The number of benzene rings is 2. The number of hydrogen-bond donors (Lipinski definition) is 2. The SMILES string of the molecule is Cc1cc(NC(=O)C(N)CCc2ccccc2)ccc1Br. The van der Waals surface area contributed by atoms with Gasteiger partial charge in [0.15, 0.2) is 0 Å². The van der Waals surface area contributed by atoms with Crippen LogP contribution in [-0.2, 0) is 11.2 Å². The van der Waals surface area contributed by atoms with Gasteiger partial charge in [0.25, 0.3) is 0 Å². The lowest BCUT2D eigenvalue weighted by atomic mass is 10.1. The lowest BCUT2D eigenvalue weighted by Crippen LogP contribution is -2.36. The van der Waals surface area contributed by atoms with Crippen LogP contribution in [-0.4, -0.2) is 11.9 Å². The fourth-order valence-electron chi connectivity index (χ4n) is 2.06. The van der Waals surface area contributed by atoms with Crippen molar-refractivity contribution in [3.8, 4) is 0 Å². The lowest BCUT2D eigenvalue weighted by Gasteiger charge is -2.13. The van der Waals surface area contributed by atoms with E-state index in [-0.39, 0.29) is 5.91 Å². The van der Waals surface area contributed by atoms with Gasteiger partial charge >= 0.3 is 0 Å². The molecule has 0 fully saturated rings. The molecule has 0 aliphatic carbocycles. The first-order chi connectivity index (χ1) is 10.1. The minimum atomic E-state index is -0.505. The minimum Gasteiger partial charge on any atom is -0.325 e. The smallest absolute Gasteiger partial charge is 0.241 e. The molecule has 4 heteroatoms. The van der Waals surface area contributed by atoms with Crippen molar-refractivity contribution >= 4 is 27.5 Å². The lowest BCUT2D eigenvalue weighted by molar-refractivity contribution is -0.117. The monoisotopic (exact) mass is 346 g/mol. The maximum absolute atomic E-state index is 12.1. The molecule has 3 N–H and O–H groups in total. The molecule has 0 bridgehead atoms. The molecular formula is C17H19BrN2O. The van der Waals surface area contributed by atoms with Gasteiger partial charge in [0, 0.05) is 10.2 Å². The highest BCUT2D eigenvalue weighted by molar-refractivity contribution is 9.10. The summed E-state index contributed by atoms with van der Waals surface area (Å²) in [5, 5.41) is 2.86. The van der Waals surface area contributed by atoms with Crippen molar-refractivity contribution < 1.29 is 4.79 Å².